The summed E-state index contributed by atoms with van der Waals surface area (Å²) in [7, 11) is 0. The average Bonchev–Trinajstić information content (AvgIpc) is 2.72. The monoisotopic (exact) mass is 266 g/mol. The zero-order valence-electron chi connectivity index (χ0n) is 9.64. The summed E-state index contributed by atoms with van der Waals surface area (Å²) in [5.74, 6) is -0.405. The number of hydrogen-bond donors (Lipinski definition) is 1. The van der Waals surface area contributed by atoms with Crippen LogP contribution >= 0.6 is 11.3 Å². The summed E-state index contributed by atoms with van der Waals surface area (Å²) in [5.41, 5.74) is 0.848. The van der Waals surface area contributed by atoms with E-state index in [0.717, 1.165) is 5.69 Å². The van der Waals surface area contributed by atoms with E-state index in [1.165, 1.54) is 29.5 Å². The predicted molar refractivity (Wildman–Crippen MR) is 67.4 cm³/mol. The molecule has 1 aromatic heterocycles. The number of nitrogens with one attached hydrogen (secondary N) is 1. The number of aromatic nitrogens is 1. The molecule has 0 unspecified atom stereocenters. The standard InChI is InChI=1S/C12H11FN2O2S/c1-8-7-18-12(14-8)15-11(16)6-17-10-4-2-3-9(13)5-10/h2-5,7H,6H2,1H3,(H,14,15,16). The van der Waals surface area contributed by atoms with Crippen molar-refractivity contribution in [2.75, 3.05) is 11.9 Å². The molecule has 1 heterocycles. The second-order valence-electron chi connectivity index (χ2n) is 3.59. The van der Waals surface area contributed by atoms with Crippen LogP contribution in [0.1, 0.15) is 5.69 Å². The molecule has 0 saturated heterocycles. The Morgan fingerprint density at radius 1 is 1.56 bits per heavy atom. The number of benzene rings is 1. The Morgan fingerprint density at radius 2 is 2.39 bits per heavy atom. The molecule has 0 bridgehead atoms. The van der Waals surface area contributed by atoms with E-state index in [1.54, 1.807) is 6.07 Å². The number of halogens is 1. The van der Waals surface area contributed by atoms with E-state index in [0.29, 0.717) is 10.9 Å². The highest BCUT2D eigenvalue weighted by Gasteiger charge is 2.06. The van der Waals surface area contributed by atoms with Crippen molar-refractivity contribution in [2.45, 2.75) is 6.92 Å². The van der Waals surface area contributed by atoms with Gasteiger partial charge >= 0.3 is 0 Å². The van der Waals surface area contributed by atoms with Crippen LogP contribution in [0.15, 0.2) is 29.6 Å². The molecule has 2 aromatic rings. The van der Waals surface area contributed by atoms with E-state index in [2.05, 4.69) is 10.3 Å². The molecule has 0 atom stereocenters. The van der Waals surface area contributed by atoms with Gasteiger partial charge in [0, 0.05) is 11.4 Å². The molecule has 2 rings (SSSR count). The van der Waals surface area contributed by atoms with Crippen molar-refractivity contribution in [3.05, 3.63) is 41.2 Å². The van der Waals surface area contributed by atoms with Gasteiger partial charge in [-0.2, -0.15) is 0 Å². The smallest absolute Gasteiger partial charge is 0.264 e. The Balaban J connectivity index is 1.85. The van der Waals surface area contributed by atoms with E-state index >= 15 is 0 Å². The third-order valence-corrected chi connectivity index (χ3v) is 2.91. The highest BCUT2D eigenvalue weighted by molar-refractivity contribution is 7.13. The number of nitrogens with zero attached hydrogens (tertiary/aromatic N) is 1. The van der Waals surface area contributed by atoms with Crippen molar-refractivity contribution in [3.8, 4) is 5.75 Å². The van der Waals surface area contributed by atoms with Crippen LogP contribution in [-0.2, 0) is 4.79 Å². The number of thiazole rings is 1. The van der Waals surface area contributed by atoms with Crippen LogP contribution < -0.4 is 10.1 Å². The Labute approximate surface area is 107 Å². The Hall–Kier alpha value is -1.95. The molecule has 1 aromatic carbocycles. The zero-order valence-corrected chi connectivity index (χ0v) is 10.5. The van der Waals surface area contributed by atoms with Crippen molar-refractivity contribution in [1.29, 1.82) is 0 Å². The molecule has 0 fully saturated rings. The molecule has 0 aliphatic heterocycles. The largest absolute Gasteiger partial charge is 0.484 e. The second-order valence-corrected chi connectivity index (χ2v) is 4.45. The van der Waals surface area contributed by atoms with Crippen LogP contribution in [0.4, 0.5) is 9.52 Å². The Morgan fingerprint density at radius 3 is 3.06 bits per heavy atom. The summed E-state index contributed by atoms with van der Waals surface area (Å²) in [6, 6.07) is 5.64. The van der Waals surface area contributed by atoms with Gasteiger partial charge in [-0.3, -0.25) is 10.1 Å². The molecular formula is C12H11FN2O2S. The lowest BCUT2D eigenvalue weighted by Gasteiger charge is -2.05. The number of ether oxygens (including phenoxy) is 1. The zero-order chi connectivity index (χ0) is 13.0. The maximum atomic E-state index is 12.9. The van der Waals surface area contributed by atoms with Gasteiger partial charge < -0.3 is 4.74 Å². The Kier molecular flexibility index (Phi) is 3.88. The van der Waals surface area contributed by atoms with Gasteiger partial charge in [0.25, 0.3) is 5.91 Å². The summed E-state index contributed by atoms with van der Waals surface area (Å²) < 4.78 is 18.0. The molecule has 0 saturated carbocycles. The minimum Gasteiger partial charge on any atom is -0.484 e. The van der Waals surface area contributed by atoms with E-state index in [1.807, 2.05) is 12.3 Å². The predicted octanol–water partition coefficient (Wildman–Crippen LogP) is 2.61. The van der Waals surface area contributed by atoms with Crippen molar-refractivity contribution in [1.82, 2.24) is 4.98 Å². The summed E-state index contributed by atoms with van der Waals surface area (Å²) in [5, 5.41) is 4.96. The fourth-order valence-electron chi connectivity index (χ4n) is 1.27. The molecule has 6 heteroatoms. The van der Waals surface area contributed by atoms with Crippen LogP contribution in [0.25, 0.3) is 0 Å². The van der Waals surface area contributed by atoms with E-state index in [4.69, 9.17) is 4.74 Å². The normalized spacial score (nSPS) is 10.1. The number of aryl methyl sites for hydroxylation is 1. The first kappa shape index (κ1) is 12.5. The van der Waals surface area contributed by atoms with Gasteiger partial charge in [0.2, 0.25) is 0 Å². The SMILES string of the molecule is Cc1csc(NC(=O)COc2cccc(F)c2)n1. The van der Waals surface area contributed by atoms with Crippen LogP contribution in [0.2, 0.25) is 0 Å². The molecule has 1 amide bonds. The average molecular weight is 266 g/mol. The van der Waals surface area contributed by atoms with Crippen molar-refractivity contribution < 1.29 is 13.9 Å². The maximum absolute atomic E-state index is 12.9. The molecular weight excluding hydrogens is 255 g/mol. The van der Waals surface area contributed by atoms with E-state index < -0.39 is 5.82 Å². The first-order valence-electron chi connectivity index (χ1n) is 5.24. The number of anilines is 1. The summed E-state index contributed by atoms with van der Waals surface area (Å²) in [6.45, 7) is 1.66. The number of carbonyl (C=O) groups excluding carboxylic acids is 1. The molecule has 0 spiro atoms. The molecule has 94 valence electrons. The highest BCUT2D eigenvalue weighted by Crippen LogP contribution is 2.15. The fourth-order valence-corrected chi connectivity index (χ4v) is 1.98. The van der Waals surface area contributed by atoms with Crippen molar-refractivity contribution in [2.24, 2.45) is 0 Å². The van der Waals surface area contributed by atoms with Crippen LogP contribution in [0.5, 0.6) is 5.75 Å². The van der Waals surface area contributed by atoms with E-state index in [-0.39, 0.29) is 12.5 Å². The van der Waals surface area contributed by atoms with Gasteiger partial charge in [0.1, 0.15) is 11.6 Å². The molecule has 0 radical (unpaired) electrons. The molecule has 0 aliphatic rings. The number of hydrogen-bond acceptors (Lipinski definition) is 4. The summed E-state index contributed by atoms with van der Waals surface area (Å²) in [4.78, 5) is 15.6. The highest BCUT2D eigenvalue weighted by atomic mass is 32.1. The third kappa shape index (κ3) is 3.53. The number of amides is 1. The van der Waals surface area contributed by atoms with Gasteiger partial charge in [0.15, 0.2) is 11.7 Å². The first-order valence-corrected chi connectivity index (χ1v) is 6.12. The lowest BCUT2D eigenvalue weighted by molar-refractivity contribution is -0.118. The van der Waals surface area contributed by atoms with Gasteiger partial charge in [0.05, 0.1) is 5.69 Å². The van der Waals surface area contributed by atoms with Crippen LogP contribution in [-0.4, -0.2) is 17.5 Å². The summed E-state index contributed by atoms with van der Waals surface area (Å²) in [6.07, 6.45) is 0. The number of rotatable bonds is 4. The summed E-state index contributed by atoms with van der Waals surface area (Å²) >= 11 is 1.34. The Bertz CT molecular complexity index is 557. The molecule has 1 N–H and O–H groups in total. The number of carbonyl (C=O) groups is 1. The van der Waals surface area contributed by atoms with Crippen molar-refractivity contribution >= 4 is 22.4 Å². The minimum atomic E-state index is -0.400. The fraction of sp³-hybridized carbons (Fsp3) is 0.167. The topological polar surface area (TPSA) is 51.2 Å². The van der Waals surface area contributed by atoms with Gasteiger partial charge in [-0.15, -0.1) is 11.3 Å². The minimum absolute atomic E-state index is 0.178. The third-order valence-electron chi connectivity index (χ3n) is 2.03. The lowest BCUT2D eigenvalue weighted by Crippen LogP contribution is -2.20. The van der Waals surface area contributed by atoms with Gasteiger partial charge in [-0.1, -0.05) is 6.07 Å². The molecule has 18 heavy (non-hydrogen) atoms. The quantitative estimate of drug-likeness (QED) is 0.925. The molecule has 0 aliphatic carbocycles. The van der Waals surface area contributed by atoms with Gasteiger partial charge in [-0.05, 0) is 19.1 Å². The van der Waals surface area contributed by atoms with Gasteiger partial charge in [-0.25, -0.2) is 9.37 Å². The van der Waals surface area contributed by atoms with Crippen molar-refractivity contribution in [3.63, 3.8) is 0 Å². The van der Waals surface area contributed by atoms with E-state index in [9.17, 15) is 9.18 Å². The molecule has 4 nitrogen and oxygen atoms in total. The first-order chi connectivity index (χ1) is 8.63. The lowest BCUT2D eigenvalue weighted by atomic mass is 10.3. The van der Waals surface area contributed by atoms with Crippen LogP contribution in [0.3, 0.4) is 0 Å². The second kappa shape index (κ2) is 5.59. The maximum Gasteiger partial charge on any atom is 0.264 e. The van der Waals surface area contributed by atoms with Crippen LogP contribution in [0, 0.1) is 12.7 Å².